The molecule has 0 spiro atoms. The SMILES string of the molecule is C=CCN(CC=C)CCC(NCCC)c1ccc(F)cc1. The van der Waals surface area contributed by atoms with Crippen molar-refractivity contribution in [2.24, 2.45) is 0 Å². The molecular formula is C18H27FN2. The zero-order valence-electron chi connectivity index (χ0n) is 13.0. The van der Waals surface area contributed by atoms with Gasteiger partial charge in [0.05, 0.1) is 0 Å². The molecule has 0 amide bonds. The van der Waals surface area contributed by atoms with Crippen molar-refractivity contribution in [2.45, 2.75) is 25.8 Å². The molecule has 1 aromatic carbocycles. The Morgan fingerprint density at radius 1 is 1.19 bits per heavy atom. The van der Waals surface area contributed by atoms with Crippen LogP contribution in [0.25, 0.3) is 0 Å². The van der Waals surface area contributed by atoms with Crippen LogP contribution in [-0.4, -0.2) is 31.1 Å². The summed E-state index contributed by atoms with van der Waals surface area (Å²) in [5.74, 6) is -0.187. The molecule has 1 unspecified atom stereocenters. The number of halogens is 1. The first-order chi connectivity index (χ1) is 10.2. The van der Waals surface area contributed by atoms with Gasteiger partial charge in [0.2, 0.25) is 0 Å². The van der Waals surface area contributed by atoms with Gasteiger partial charge in [-0.25, -0.2) is 4.39 Å². The first-order valence-corrected chi connectivity index (χ1v) is 7.64. The molecule has 1 rings (SSSR count). The maximum Gasteiger partial charge on any atom is 0.123 e. The van der Waals surface area contributed by atoms with Crippen molar-refractivity contribution in [3.63, 3.8) is 0 Å². The molecule has 116 valence electrons. The Bertz CT molecular complexity index is 404. The van der Waals surface area contributed by atoms with Crippen LogP contribution in [0.3, 0.4) is 0 Å². The van der Waals surface area contributed by atoms with Gasteiger partial charge in [-0.3, -0.25) is 4.90 Å². The van der Waals surface area contributed by atoms with Crippen LogP contribution in [0.15, 0.2) is 49.6 Å². The fourth-order valence-electron chi connectivity index (χ4n) is 2.33. The highest BCUT2D eigenvalue weighted by molar-refractivity contribution is 5.20. The van der Waals surface area contributed by atoms with Crippen molar-refractivity contribution in [3.8, 4) is 0 Å². The van der Waals surface area contributed by atoms with Crippen molar-refractivity contribution in [2.75, 3.05) is 26.2 Å². The molecule has 0 aromatic heterocycles. The van der Waals surface area contributed by atoms with Gasteiger partial charge in [0.1, 0.15) is 5.82 Å². The highest BCUT2D eigenvalue weighted by Gasteiger charge is 2.12. The van der Waals surface area contributed by atoms with E-state index >= 15 is 0 Å². The predicted molar refractivity (Wildman–Crippen MR) is 88.9 cm³/mol. The molecule has 0 heterocycles. The molecule has 3 heteroatoms. The van der Waals surface area contributed by atoms with Gasteiger partial charge in [0.15, 0.2) is 0 Å². The second-order valence-electron chi connectivity index (χ2n) is 5.18. The zero-order valence-corrected chi connectivity index (χ0v) is 13.0. The monoisotopic (exact) mass is 290 g/mol. The molecule has 1 aromatic rings. The lowest BCUT2D eigenvalue weighted by Gasteiger charge is -2.24. The molecule has 0 fully saturated rings. The molecule has 0 saturated heterocycles. The summed E-state index contributed by atoms with van der Waals surface area (Å²) in [6.45, 7) is 13.4. The predicted octanol–water partition coefficient (Wildman–Crippen LogP) is 3.93. The van der Waals surface area contributed by atoms with E-state index in [2.05, 4.69) is 30.3 Å². The van der Waals surface area contributed by atoms with Crippen molar-refractivity contribution in [1.29, 1.82) is 0 Å². The lowest BCUT2D eigenvalue weighted by molar-refractivity contribution is 0.307. The minimum absolute atomic E-state index is 0.187. The summed E-state index contributed by atoms with van der Waals surface area (Å²) in [6.07, 6.45) is 5.89. The van der Waals surface area contributed by atoms with Crippen LogP contribution < -0.4 is 5.32 Å². The van der Waals surface area contributed by atoms with Crippen LogP contribution in [0.2, 0.25) is 0 Å². The quantitative estimate of drug-likeness (QED) is 0.621. The van der Waals surface area contributed by atoms with Crippen LogP contribution >= 0.6 is 0 Å². The number of hydrogen-bond donors (Lipinski definition) is 1. The third-order valence-corrected chi connectivity index (χ3v) is 3.42. The lowest BCUT2D eigenvalue weighted by Crippen LogP contribution is -2.30. The Hall–Kier alpha value is -1.45. The Morgan fingerprint density at radius 3 is 2.33 bits per heavy atom. The van der Waals surface area contributed by atoms with E-state index in [9.17, 15) is 4.39 Å². The maximum atomic E-state index is 13.1. The summed E-state index contributed by atoms with van der Waals surface area (Å²) >= 11 is 0. The van der Waals surface area contributed by atoms with E-state index in [-0.39, 0.29) is 11.9 Å². The average molecular weight is 290 g/mol. The number of nitrogens with zero attached hydrogens (tertiary/aromatic N) is 1. The average Bonchev–Trinajstić information content (AvgIpc) is 2.49. The van der Waals surface area contributed by atoms with Crippen LogP contribution in [0, 0.1) is 5.82 Å². The maximum absolute atomic E-state index is 13.1. The third-order valence-electron chi connectivity index (χ3n) is 3.42. The molecule has 0 radical (unpaired) electrons. The topological polar surface area (TPSA) is 15.3 Å². The Kier molecular flexibility index (Phi) is 8.63. The molecule has 0 aliphatic heterocycles. The molecule has 0 aliphatic rings. The number of rotatable bonds is 11. The van der Waals surface area contributed by atoms with Gasteiger partial charge in [-0.15, -0.1) is 13.2 Å². The summed E-state index contributed by atoms with van der Waals surface area (Å²) in [4.78, 5) is 2.30. The van der Waals surface area contributed by atoms with E-state index in [0.29, 0.717) is 0 Å². The van der Waals surface area contributed by atoms with Crippen LogP contribution in [0.1, 0.15) is 31.4 Å². The van der Waals surface area contributed by atoms with Gasteiger partial charge in [0.25, 0.3) is 0 Å². The van der Waals surface area contributed by atoms with Crippen molar-refractivity contribution in [1.82, 2.24) is 10.2 Å². The lowest BCUT2D eigenvalue weighted by atomic mass is 10.0. The van der Waals surface area contributed by atoms with E-state index in [1.807, 2.05) is 24.3 Å². The minimum atomic E-state index is -0.187. The van der Waals surface area contributed by atoms with E-state index in [1.54, 1.807) is 0 Å². The fraction of sp³-hybridized carbons (Fsp3) is 0.444. The molecule has 2 nitrogen and oxygen atoms in total. The van der Waals surface area contributed by atoms with Gasteiger partial charge in [-0.2, -0.15) is 0 Å². The highest BCUT2D eigenvalue weighted by Crippen LogP contribution is 2.18. The van der Waals surface area contributed by atoms with Crippen molar-refractivity contribution < 1.29 is 4.39 Å². The molecule has 1 N–H and O–H groups in total. The van der Waals surface area contributed by atoms with E-state index in [1.165, 1.54) is 12.1 Å². The minimum Gasteiger partial charge on any atom is -0.310 e. The van der Waals surface area contributed by atoms with E-state index in [0.717, 1.165) is 44.6 Å². The Balaban J connectivity index is 2.66. The third kappa shape index (κ3) is 6.69. The summed E-state index contributed by atoms with van der Waals surface area (Å²) in [5.41, 5.74) is 1.14. The molecule has 0 aliphatic carbocycles. The van der Waals surface area contributed by atoms with Gasteiger partial charge in [-0.05, 0) is 37.1 Å². The molecule has 0 bridgehead atoms. The summed E-state index contributed by atoms with van der Waals surface area (Å²) in [6, 6.07) is 7.05. The van der Waals surface area contributed by atoms with Gasteiger partial charge in [-0.1, -0.05) is 31.2 Å². The first-order valence-electron chi connectivity index (χ1n) is 7.64. The van der Waals surface area contributed by atoms with E-state index < -0.39 is 0 Å². The van der Waals surface area contributed by atoms with Gasteiger partial charge < -0.3 is 5.32 Å². The molecular weight excluding hydrogens is 263 g/mol. The van der Waals surface area contributed by atoms with Crippen molar-refractivity contribution >= 4 is 0 Å². The fourth-order valence-corrected chi connectivity index (χ4v) is 2.33. The van der Waals surface area contributed by atoms with E-state index in [4.69, 9.17) is 0 Å². The number of benzene rings is 1. The highest BCUT2D eigenvalue weighted by atomic mass is 19.1. The number of nitrogens with one attached hydrogen (secondary N) is 1. The molecule has 21 heavy (non-hydrogen) atoms. The van der Waals surface area contributed by atoms with Crippen LogP contribution in [0.4, 0.5) is 4.39 Å². The van der Waals surface area contributed by atoms with Crippen LogP contribution in [0.5, 0.6) is 0 Å². The summed E-state index contributed by atoms with van der Waals surface area (Å²) in [5, 5.41) is 3.54. The standard InChI is InChI=1S/C18H27FN2/c1-4-12-20-18(16-7-9-17(19)10-8-16)11-15-21(13-5-2)14-6-3/h5-10,18,20H,2-4,11-15H2,1H3. The smallest absolute Gasteiger partial charge is 0.123 e. The number of hydrogen-bond acceptors (Lipinski definition) is 2. The second-order valence-corrected chi connectivity index (χ2v) is 5.18. The summed E-state index contributed by atoms with van der Waals surface area (Å²) < 4.78 is 13.1. The summed E-state index contributed by atoms with van der Waals surface area (Å²) in [7, 11) is 0. The molecule has 0 saturated carbocycles. The van der Waals surface area contributed by atoms with Gasteiger partial charge in [0, 0.05) is 25.7 Å². The molecule has 1 atom stereocenters. The Labute approximate surface area is 128 Å². The Morgan fingerprint density at radius 2 is 1.81 bits per heavy atom. The second kappa shape index (κ2) is 10.3. The first kappa shape index (κ1) is 17.6. The normalized spacial score (nSPS) is 12.3. The van der Waals surface area contributed by atoms with Crippen LogP contribution in [-0.2, 0) is 0 Å². The zero-order chi connectivity index (χ0) is 15.5. The largest absolute Gasteiger partial charge is 0.310 e. The van der Waals surface area contributed by atoms with Gasteiger partial charge >= 0.3 is 0 Å². The van der Waals surface area contributed by atoms with Crippen molar-refractivity contribution in [3.05, 3.63) is 61.0 Å².